The van der Waals surface area contributed by atoms with Gasteiger partial charge in [-0.05, 0) is 12.1 Å². The lowest BCUT2D eigenvalue weighted by Crippen LogP contribution is -2.13. The fraction of sp³-hybridized carbons (Fsp3) is 0.250. The van der Waals surface area contributed by atoms with E-state index in [1.807, 2.05) is 0 Å². The Balaban J connectivity index is 3.52. The van der Waals surface area contributed by atoms with Crippen molar-refractivity contribution in [1.29, 1.82) is 0 Å². The molecule has 1 aromatic rings. The molecule has 90 valence electrons. The third-order valence-corrected chi connectivity index (χ3v) is 2.47. The molecule has 8 heteroatoms. The zero-order chi connectivity index (χ0) is 12.7. The summed E-state index contributed by atoms with van der Waals surface area (Å²) in [5.74, 6) is 0. The molecule has 0 nitrogen and oxygen atoms in total. The third-order valence-electron chi connectivity index (χ3n) is 1.71. The Morgan fingerprint density at radius 1 is 0.938 bits per heavy atom. The molecule has 0 fully saturated rings. The highest BCUT2D eigenvalue weighted by atomic mass is 35.5. The highest BCUT2D eigenvalue weighted by Crippen LogP contribution is 2.44. The molecule has 0 spiro atoms. The zero-order valence-electron chi connectivity index (χ0n) is 7.25. The molecule has 0 amide bonds. The summed E-state index contributed by atoms with van der Waals surface area (Å²) < 4.78 is 73.9. The molecule has 0 atom stereocenters. The average molecular weight is 281 g/mol. The SMILES string of the molecule is FC(F)(F)c1ccc(S)c(C(F)(F)F)c1Cl. The summed E-state index contributed by atoms with van der Waals surface area (Å²) in [7, 11) is 0. The van der Waals surface area contributed by atoms with Crippen LogP contribution in [-0.2, 0) is 12.4 Å². The van der Waals surface area contributed by atoms with Crippen molar-refractivity contribution in [3.05, 3.63) is 28.3 Å². The van der Waals surface area contributed by atoms with Crippen molar-refractivity contribution in [1.82, 2.24) is 0 Å². The Labute approximate surface area is 96.6 Å². The largest absolute Gasteiger partial charge is 0.418 e. The van der Waals surface area contributed by atoms with Crippen molar-refractivity contribution in [2.75, 3.05) is 0 Å². The van der Waals surface area contributed by atoms with Crippen LogP contribution in [0.2, 0.25) is 5.02 Å². The van der Waals surface area contributed by atoms with E-state index in [9.17, 15) is 26.3 Å². The van der Waals surface area contributed by atoms with E-state index in [2.05, 4.69) is 12.6 Å². The molecule has 1 aromatic carbocycles. The van der Waals surface area contributed by atoms with Gasteiger partial charge in [0.1, 0.15) is 0 Å². The van der Waals surface area contributed by atoms with Crippen LogP contribution in [0.25, 0.3) is 0 Å². The number of hydrogen-bond donors (Lipinski definition) is 1. The van der Waals surface area contributed by atoms with Gasteiger partial charge in [-0.25, -0.2) is 0 Å². The number of benzene rings is 1. The van der Waals surface area contributed by atoms with Gasteiger partial charge in [0, 0.05) is 4.90 Å². The molecule has 0 aliphatic heterocycles. The van der Waals surface area contributed by atoms with Crippen molar-refractivity contribution < 1.29 is 26.3 Å². The van der Waals surface area contributed by atoms with E-state index >= 15 is 0 Å². The van der Waals surface area contributed by atoms with Crippen molar-refractivity contribution in [3.63, 3.8) is 0 Å². The first kappa shape index (κ1) is 13.5. The average Bonchev–Trinajstić information content (AvgIpc) is 1.97. The maximum absolute atomic E-state index is 12.4. The van der Waals surface area contributed by atoms with Gasteiger partial charge in [0.2, 0.25) is 0 Å². The molecular weight excluding hydrogens is 278 g/mol. The first-order chi connectivity index (χ1) is 7.05. The molecule has 1 rings (SSSR count). The Kier molecular flexibility index (Phi) is 3.40. The number of rotatable bonds is 0. The summed E-state index contributed by atoms with van der Waals surface area (Å²) in [6.07, 6.45) is -9.91. The van der Waals surface area contributed by atoms with Gasteiger partial charge in [-0.15, -0.1) is 12.6 Å². The van der Waals surface area contributed by atoms with E-state index < -0.39 is 33.4 Å². The smallest absolute Gasteiger partial charge is 0.166 e. The lowest BCUT2D eigenvalue weighted by atomic mass is 10.1. The predicted molar refractivity (Wildman–Crippen MR) is 48.7 cm³/mol. The van der Waals surface area contributed by atoms with Gasteiger partial charge in [0.05, 0.1) is 16.1 Å². The number of hydrogen-bond acceptors (Lipinski definition) is 1. The van der Waals surface area contributed by atoms with Gasteiger partial charge < -0.3 is 0 Å². The van der Waals surface area contributed by atoms with Crippen molar-refractivity contribution in [2.24, 2.45) is 0 Å². The van der Waals surface area contributed by atoms with Crippen LogP contribution in [0, 0.1) is 0 Å². The first-order valence-electron chi connectivity index (χ1n) is 3.71. The minimum Gasteiger partial charge on any atom is -0.166 e. The second-order valence-electron chi connectivity index (χ2n) is 2.82. The molecule has 16 heavy (non-hydrogen) atoms. The zero-order valence-corrected chi connectivity index (χ0v) is 8.90. The quantitative estimate of drug-likeness (QED) is 0.518. The Morgan fingerprint density at radius 3 is 1.81 bits per heavy atom. The second kappa shape index (κ2) is 4.03. The summed E-state index contributed by atoms with van der Waals surface area (Å²) in [5.41, 5.74) is -3.10. The molecule has 0 aliphatic rings. The van der Waals surface area contributed by atoms with E-state index in [1.165, 1.54) is 0 Å². The number of thiol groups is 1. The molecule has 0 saturated heterocycles. The van der Waals surface area contributed by atoms with E-state index in [-0.39, 0.29) is 0 Å². The van der Waals surface area contributed by atoms with Crippen molar-refractivity contribution in [3.8, 4) is 0 Å². The first-order valence-corrected chi connectivity index (χ1v) is 4.53. The Bertz CT molecular complexity index is 408. The van der Waals surface area contributed by atoms with Gasteiger partial charge in [0.15, 0.2) is 0 Å². The molecule has 0 bridgehead atoms. The van der Waals surface area contributed by atoms with E-state index in [4.69, 9.17) is 11.6 Å². The van der Waals surface area contributed by atoms with Crippen LogP contribution in [0.3, 0.4) is 0 Å². The summed E-state index contributed by atoms with van der Waals surface area (Å²) in [4.78, 5) is -0.648. The molecule has 0 unspecified atom stereocenters. The van der Waals surface area contributed by atoms with Gasteiger partial charge >= 0.3 is 12.4 Å². The van der Waals surface area contributed by atoms with Crippen LogP contribution in [0.1, 0.15) is 11.1 Å². The van der Waals surface area contributed by atoms with Crippen LogP contribution in [0.4, 0.5) is 26.3 Å². The molecule has 0 aromatic heterocycles. The van der Waals surface area contributed by atoms with Gasteiger partial charge in [-0.2, -0.15) is 26.3 Å². The van der Waals surface area contributed by atoms with Crippen LogP contribution in [0.15, 0.2) is 17.0 Å². The topological polar surface area (TPSA) is 0 Å². The molecule has 0 aliphatic carbocycles. The third kappa shape index (κ3) is 2.57. The summed E-state index contributed by atoms with van der Waals surface area (Å²) in [6.45, 7) is 0. The maximum Gasteiger partial charge on any atom is 0.418 e. The maximum atomic E-state index is 12.4. The summed E-state index contributed by atoms with van der Waals surface area (Å²) >= 11 is 8.53. The van der Waals surface area contributed by atoms with Crippen LogP contribution >= 0.6 is 24.2 Å². The standard InChI is InChI=1S/C8H3ClF6S/c9-6-3(7(10,11)12)1-2-4(16)5(6)8(13,14)15/h1-2,16H. The van der Waals surface area contributed by atoms with Crippen LogP contribution in [0.5, 0.6) is 0 Å². The number of alkyl halides is 6. The van der Waals surface area contributed by atoms with Gasteiger partial charge in [0.25, 0.3) is 0 Å². The monoisotopic (exact) mass is 280 g/mol. The van der Waals surface area contributed by atoms with Gasteiger partial charge in [-0.3, -0.25) is 0 Å². The Morgan fingerprint density at radius 2 is 1.44 bits per heavy atom. The van der Waals surface area contributed by atoms with Crippen LogP contribution < -0.4 is 0 Å². The van der Waals surface area contributed by atoms with Crippen molar-refractivity contribution >= 4 is 24.2 Å². The molecule has 0 saturated carbocycles. The summed E-state index contributed by atoms with van der Waals surface area (Å²) in [6, 6.07) is 1.07. The van der Waals surface area contributed by atoms with Gasteiger partial charge in [-0.1, -0.05) is 11.6 Å². The summed E-state index contributed by atoms with van der Waals surface area (Å²) in [5, 5.41) is -1.38. The Hall–Kier alpha value is -0.560. The number of halogens is 7. The highest BCUT2D eigenvalue weighted by molar-refractivity contribution is 7.80. The van der Waals surface area contributed by atoms with E-state index in [0.717, 1.165) is 0 Å². The van der Waals surface area contributed by atoms with Crippen molar-refractivity contribution in [2.45, 2.75) is 17.2 Å². The molecule has 0 N–H and O–H groups in total. The van der Waals surface area contributed by atoms with E-state index in [1.54, 1.807) is 0 Å². The normalized spacial score (nSPS) is 13.0. The molecular formula is C8H3ClF6S. The van der Waals surface area contributed by atoms with Crippen LogP contribution in [-0.4, -0.2) is 0 Å². The highest BCUT2D eigenvalue weighted by Gasteiger charge is 2.41. The molecule has 0 heterocycles. The fourth-order valence-corrected chi connectivity index (χ4v) is 1.81. The van der Waals surface area contributed by atoms with E-state index in [0.29, 0.717) is 12.1 Å². The second-order valence-corrected chi connectivity index (χ2v) is 3.68. The fourth-order valence-electron chi connectivity index (χ4n) is 1.05. The predicted octanol–water partition coefficient (Wildman–Crippen LogP) is 4.67. The molecule has 0 radical (unpaired) electrons. The minimum atomic E-state index is -4.98. The lowest BCUT2D eigenvalue weighted by molar-refractivity contribution is -0.144. The minimum absolute atomic E-state index is 0.458. The lowest BCUT2D eigenvalue weighted by Gasteiger charge is -2.16.